The number of nitrogens with one attached hydrogen (secondary N) is 2. The molecule has 1 aliphatic heterocycles. The van der Waals surface area contributed by atoms with Crippen LogP contribution in [-0.2, 0) is 16.1 Å². The summed E-state index contributed by atoms with van der Waals surface area (Å²) in [5.74, 6) is 0.725. The van der Waals surface area contributed by atoms with E-state index in [1.807, 2.05) is 0 Å². The van der Waals surface area contributed by atoms with E-state index in [0.717, 1.165) is 38.7 Å². The molecule has 8 heteroatoms. The van der Waals surface area contributed by atoms with Crippen LogP contribution in [-0.4, -0.2) is 81.7 Å². The number of methoxy groups -OCH3 is 1. The summed E-state index contributed by atoms with van der Waals surface area (Å²) in [7, 11) is 3.37. The van der Waals surface area contributed by atoms with Gasteiger partial charge in [-0.1, -0.05) is 29.8 Å². The maximum absolute atomic E-state index is 11.8. The lowest BCUT2D eigenvalue weighted by atomic mass is 10.1. The fraction of sp³-hybridized carbons (Fsp3) is 0.579. The molecule has 0 unspecified atom stereocenters. The van der Waals surface area contributed by atoms with Gasteiger partial charge in [-0.25, -0.2) is 0 Å². The van der Waals surface area contributed by atoms with Crippen molar-refractivity contribution in [1.29, 1.82) is 0 Å². The zero-order chi connectivity index (χ0) is 18.8. The number of hydrogen-bond donors (Lipinski definition) is 2. The molecule has 0 bridgehead atoms. The average molecular weight is 489 g/mol. The Morgan fingerprint density at radius 3 is 2.59 bits per heavy atom. The number of benzene rings is 1. The van der Waals surface area contributed by atoms with E-state index in [4.69, 9.17) is 4.74 Å². The van der Waals surface area contributed by atoms with Crippen molar-refractivity contribution >= 4 is 35.8 Å². The molecule has 152 valence electrons. The first-order valence-electron chi connectivity index (χ1n) is 9.11. The number of rotatable bonds is 7. The molecule has 1 amide bonds. The number of aryl methyl sites for hydroxylation is 1. The number of amides is 1. The van der Waals surface area contributed by atoms with Crippen molar-refractivity contribution in [3.8, 4) is 0 Å². The fourth-order valence-electron chi connectivity index (χ4n) is 3.03. The number of carbonyl (C=O) groups excluding carboxylic acids is 1. The summed E-state index contributed by atoms with van der Waals surface area (Å²) >= 11 is 0. The van der Waals surface area contributed by atoms with Crippen molar-refractivity contribution in [3.05, 3.63) is 35.4 Å². The van der Waals surface area contributed by atoms with Gasteiger partial charge in [-0.15, -0.1) is 24.0 Å². The second-order valence-electron chi connectivity index (χ2n) is 6.50. The Kier molecular flexibility index (Phi) is 11.3. The number of aliphatic imine (C=N–C) groups is 1. The van der Waals surface area contributed by atoms with Crippen LogP contribution in [0.3, 0.4) is 0 Å². The van der Waals surface area contributed by atoms with Gasteiger partial charge in [-0.2, -0.15) is 0 Å². The molecule has 0 spiro atoms. The van der Waals surface area contributed by atoms with E-state index in [-0.39, 0.29) is 36.4 Å². The van der Waals surface area contributed by atoms with Gasteiger partial charge in [0, 0.05) is 53.4 Å². The third-order valence-electron chi connectivity index (χ3n) is 4.41. The molecular formula is C19H32IN5O2. The molecule has 7 nitrogen and oxygen atoms in total. The van der Waals surface area contributed by atoms with Gasteiger partial charge in [0.1, 0.15) is 0 Å². The van der Waals surface area contributed by atoms with Gasteiger partial charge in [0.15, 0.2) is 5.96 Å². The van der Waals surface area contributed by atoms with Gasteiger partial charge in [-0.05, 0) is 12.5 Å². The highest BCUT2D eigenvalue weighted by atomic mass is 127. The van der Waals surface area contributed by atoms with E-state index in [1.54, 1.807) is 14.2 Å². The average Bonchev–Trinajstić information content (AvgIpc) is 2.64. The molecule has 0 aliphatic carbocycles. The lowest BCUT2D eigenvalue weighted by molar-refractivity contribution is -0.120. The second-order valence-corrected chi connectivity index (χ2v) is 6.50. The van der Waals surface area contributed by atoms with Crippen LogP contribution in [0.25, 0.3) is 0 Å². The maximum atomic E-state index is 11.8. The van der Waals surface area contributed by atoms with E-state index < -0.39 is 0 Å². The van der Waals surface area contributed by atoms with E-state index in [1.165, 1.54) is 11.1 Å². The highest BCUT2D eigenvalue weighted by Gasteiger charge is 2.20. The van der Waals surface area contributed by atoms with Gasteiger partial charge in [0.2, 0.25) is 5.91 Å². The molecule has 1 aromatic carbocycles. The third-order valence-corrected chi connectivity index (χ3v) is 4.41. The molecule has 1 aliphatic rings. The first-order chi connectivity index (χ1) is 12.6. The molecule has 0 radical (unpaired) electrons. The monoisotopic (exact) mass is 489 g/mol. The molecule has 0 atom stereocenters. The Bertz CT molecular complexity index is 604. The number of nitrogens with zero attached hydrogens (tertiary/aromatic N) is 3. The zero-order valence-corrected chi connectivity index (χ0v) is 18.9. The number of halogens is 1. The molecule has 0 aromatic heterocycles. The third kappa shape index (κ3) is 8.44. The summed E-state index contributed by atoms with van der Waals surface area (Å²) in [6, 6.07) is 8.67. The molecule has 1 heterocycles. The van der Waals surface area contributed by atoms with Crippen molar-refractivity contribution in [2.24, 2.45) is 4.99 Å². The van der Waals surface area contributed by atoms with E-state index >= 15 is 0 Å². The minimum absolute atomic E-state index is 0. The van der Waals surface area contributed by atoms with Crippen molar-refractivity contribution < 1.29 is 9.53 Å². The number of hydrogen-bond acceptors (Lipinski definition) is 4. The first kappa shape index (κ1) is 23.6. The van der Waals surface area contributed by atoms with Crippen molar-refractivity contribution in [3.63, 3.8) is 0 Å². The molecule has 2 N–H and O–H groups in total. The van der Waals surface area contributed by atoms with Crippen molar-refractivity contribution in [1.82, 2.24) is 20.4 Å². The van der Waals surface area contributed by atoms with Gasteiger partial charge in [0.25, 0.3) is 0 Å². The Morgan fingerprint density at radius 2 is 1.96 bits per heavy atom. The van der Waals surface area contributed by atoms with Crippen LogP contribution >= 0.6 is 24.0 Å². The normalized spacial score (nSPS) is 15.2. The van der Waals surface area contributed by atoms with Crippen LogP contribution in [0.2, 0.25) is 0 Å². The molecule has 1 saturated heterocycles. The number of piperazine rings is 1. The molecule has 1 aromatic rings. The Hall–Kier alpha value is -1.39. The number of carbonyl (C=O) groups is 1. The Labute approximate surface area is 179 Å². The highest BCUT2D eigenvalue weighted by molar-refractivity contribution is 14.0. The SMILES string of the molecule is CN=C(NCC(=O)NCCOC)N1CCN(Cc2cccc(C)c2)CC1.I. The lowest BCUT2D eigenvalue weighted by Gasteiger charge is -2.36. The van der Waals surface area contributed by atoms with Crippen molar-refractivity contribution in [2.75, 3.05) is 60.0 Å². The summed E-state index contributed by atoms with van der Waals surface area (Å²) < 4.78 is 4.92. The minimum Gasteiger partial charge on any atom is -0.383 e. The molecule has 2 rings (SSSR count). The highest BCUT2D eigenvalue weighted by Crippen LogP contribution is 2.10. The lowest BCUT2D eigenvalue weighted by Crippen LogP contribution is -2.53. The summed E-state index contributed by atoms with van der Waals surface area (Å²) in [5.41, 5.74) is 2.66. The van der Waals surface area contributed by atoms with Crippen LogP contribution in [0.4, 0.5) is 0 Å². The maximum Gasteiger partial charge on any atom is 0.239 e. The minimum atomic E-state index is -0.0544. The predicted molar refractivity (Wildman–Crippen MR) is 120 cm³/mol. The van der Waals surface area contributed by atoms with Crippen LogP contribution in [0, 0.1) is 6.92 Å². The molecular weight excluding hydrogens is 457 g/mol. The van der Waals surface area contributed by atoms with Crippen molar-refractivity contribution in [2.45, 2.75) is 13.5 Å². The summed E-state index contributed by atoms with van der Waals surface area (Å²) in [5, 5.41) is 5.94. The largest absolute Gasteiger partial charge is 0.383 e. The van der Waals surface area contributed by atoms with E-state index in [0.29, 0.717) is 13.2 Å². The van der Waals surface area contributed by atoms with Gasteiger partial charge >= 0.3 is 0 Å². The van der Waals surface area contributed by atoms with Crippen LogP contribution < -0.4 is 10.6 Å². The smallest absolute Gasteiger partial charge is 0.239 e. The predicted octanol–water partition coefficient (Wildman–Crippen LogP) is 1.07. The molecule has 0 saturated carbocycles. The van der Waals surface area contributed by atoms with Gasteiger partial charge < -0.3 is 20.3 Å². The standard InChI is InChI=1S/C19H31N5O2.HI/c1-16-5-4-6-17(13-16)15-23-8-10-24(11-9-23)19(20-2)22-14-18(25)21-7-12-26-3;/h4-6,13H,7-12,14-15H2,1-3H3,(H,20,22)(H,21,25);1H. The zero-order valence-electron chi connectivity index (χ0n) is 16.5. The fourth-order valence-corrected chi connectivity index (χ4v) is 3.03. The quantitative estimate of drug-likeness (QED) is 0.260. The summed E-state index contributed by atoms with van der Waals surface area (Å²) in [6.45, 7) is 8.12. The van der Waals surface area contributed by atoms with E-state index in [2.05, 4.69) is 56.6 Å². The summed E-state index contributed by atoms with van der Waals surface area (Å²) in [6.07, 6.45) is 0. The Morgan fingerprint density at radius 1 is 1.22 bits per heavy atom. The van der Waals surface area contributed by atoms with Crippen LogP contribution in [0.15, 0.2) is 29.3 Å². The second kappa shape index (κ2) is 12.9. The van der Waals surface area contributed by atoms with Crippen LogP contribution in [0.1, 0.15) is 11.1 Å². The first-order valence-corrected chi connectivity index (χ1v) is 9.11. The van der Waals surface area contributed by atoms with E-state index in [9.17, 15) is 4.79 Å². The number of guanidine groups is 1. The molecule has 1 fully saturated rings. The summed E-state index contributed by atoms with van der Waals surface area (Å²) in [4.78, 5) is 20.8. The Balaban J connectivity index is 0.00000364. The molecule has 27 heavy (non-hydrogen) atoms. The van der Waals surface area contributed by atoms with Gasteiger partial charge in [-0.3, -0.25) is 14.7 Å². The van der Waals surface area contributed by atoms with Gasteiger partial charge in [0.05, 0.1) is 13.2 Å². The topological polar surface area (TPSA) is 69.2 Å². The number of ether oxygens (including phenoxy) is 1. The van der Waals surface area contributed by atoms with Crippen LogP contribution in [0.5, 0.6) is 0 Å².